The minimum atomic E-state index is -0.316. The molecule has 4 nitrogen and oxygen atoms in total. The maximum atomic E-state index is 12.2. The summed E-state index contributed by atoms with van der Waals surface area (Å²) in [5.74, 6) is 0.0908. The summed E-state index contributed by atoms with van der Waals surface area (Å²) in [6.07, 6.45) is -0.316. The highest BCUT2D eigenvalue weighted by atomic mass is 32.1. The van der Waals surface area contributed by atoms with Crippen LogP contribution in [0.4, 0.5) is 0 Å². The van der Waals surface area contributed by atoms with Gasteiger partial charge in [-0.1, -0.05) is 6.07 Å². The van der Waals surface area contributed by atoms with E-state index in [1.807, 2.05) is 23.3 Å². The molecule has 1 saturated heterocycles. The zero-order valence-electron chi connectivity index (χ0n) is 10.0. The molecule has 2 rings (SSSR count). The number of carbonyl (C=O) groups excluding carboxylic acids is 1. The standard InChI is InChI=1S/C12H18N2O2S/c1-2-14(9-10-4-3-7-17-10)12(15)11-8-13-5-6-16-11/h3-4,7,11,13H,2,5-6,8-9H2,1H3. The maximum absolute atomic E-state index is 12.2. The monoisotopic (exact) mass is 254 g/mol. The highest BCUT2D eigenvalue weighted by molar-refractivity contribution is 7.09. The molecule has 1 aliphatic rings. The van der Waals surface area contributed by atoms with E-state index in [-0.39, 0.29) is 12.0 Å². The summed E-state index contributed by atoms with van der Waals surface area (Å²) in [7, 11) is 0. The van der Waals surface area contributed by atoms with Crippen LogP contribution in [0.2, 0.25) is 0 Å². The van der Waals surface area contributed by atoms with E-state index in [2.05, 4.69) is 11.4 Å². The van der Waals surface area contributed by atoms with Crippen LogP contribution in [-0.2, 0) is 16.1 Å². The molecule has 2 heterocycles. The molecule has 1 unspecified atom stereocenters. The lowest BCUT2D eigenvalue weighted by Gasteiger charge is -2.28. The number of ether oxygens (including phenoxy) is 1. The Labute approximate surface area is 106 Å². The molecule has 0 spiro atoms. The number of hydrogen-bond acceptors (Lipinski definition) is 4. The van der Waals surface area contributed by atoms with Crippen LogP contribution in [0.5, 0.6) is 0 Å². The molecule has 1 aromatic heterocycles. The SMILES string of the molecule is CCN(Cc1cccs1)C(=O)C1CNCCO1. The molecular weight excluding hydrogens is 236 g/mol. The van der Waals surface area contributed by atoms with Crippen molar-refractivity contribution < 1.29 is 9.53 Å². The molecule has 0 aliphatic carbocycles. The van der Waals surface area contributed by atoms with Crippen molar-refractivity contribution in [3.63, 3.8) is 0 Å². The third-order valence-corrected chi connectivity index (χ3v) is 3.68. The Bertz CT molecular complexity index is 347. The van der Waals surface area contributed by atoms with Crippen molar-refractivity contribution in [1.29, 1.82) is 0 Å². The van der Waals surface area contributed by atoms with Crippen LogP contribution in [0.3, 0.4) is 0 Å². The van der Waals surface area contributed by atoms with Crippen molar-refractivity contribution in [3.05, 3.63) is 22.4 Å². The third-order valence-electron chi connectivity index (χ3n) is 2.82. The fraction of sp³-hybridized carbons (Fsp3) is 0.583. The fourth-order valence-electron chi connectivity index (χ4n) is 1.86. The van der Waals surface area contributed by atoms with Gasteiger partial charge in [-0.2, -0.15) is 0 Å². The van der Waals surface area contributed by atoms with Crippen molar-refractivity contribution in [2.75, 3.05) is 26.2 Å². The lowest BCUT2D eigenvalue weighted by atomic mass is 10.2. The van der Waals surface area contributed by atoms with Crippen LogP contribution in [0, 0.1) is 0 Å². The van der Waals surface area contributed by atoms with Gasteiger partial charge in [-0.05, 0) is 18.4 Å². The van der Waals surface area contributed by atoms with Gasteiger partial charge in [-0.15, -0.1) is 11.3 Å². The second-order valence-electron chi connectivity index (χ2n) is 4.00. The molecule has 0 saturated carbocycles. The van der Waals surface area contributed by atoms with Gasteiger partial charge in [0.2, 0.25) is 0 Å². The smallest absolute Gasteiger partial charge is 0.253 e. The highest BCUT2D eigenvalue weighted by Gasteiger charge is 2.26. The van der Waals surface area contributed by atoms with Crippen LogP contribution in [0.15, 0.2) is 17.5 Å². The molecule has 17 heavy (non-hydrogen) atoms. The largest absolute Gasteiger partial charge is 0.366 e. The van der Waals surface area contributed by atoms with Gasteiger partial charge in [-0.3, -0.25) is 4.79 Å². The molecule has 1 amide bonds. The van der Waals surface area contributed by atoms with E-state index in [1.54, 1.807) is 11.3 Å². The molecule has 1 N–H and O–H groups in total. The summed E-state index contributed by atoms with van der Waals surface area (Å²) in [5.41, 5.74) is 0. The van der Waals surface area contributed by atoms with Crippen molar-refractivity contribution >= 4 is 17.2 Å². The topological polar surface area (TPSA) is 41.6 Å². The van der Waals surface area contributed by atoms with E-state index < -0.39 is 0 Å². The van der Waals surface area contributed by atoms with Gasteiger partial charge in [0.25, 0.3) is 5.91 Å². The van der Waals surface area contributed by atoms with Crippen molar-refractivity contribution in [2.24, 2.45) is 0 Å². The van der Waals surface area contributed by atoms with Crippen LogP contribution < -0.4 is 5.32 Å². The molecule has 1 atom stereocenters. The summed E-state index contributed by atoms with van der Waals surface area (Å²) in [5, 5.41) is 5.22. The van der Waals surface area contributed by atoms with E-state index in [0.29, 0.717) is 19.7 Å². The number of morpholine rings is 1. The minimum absolute atomic E-state index is 0.0908. The number of nitrogens with zero attached hydrogens (tertiary/aromatic N) is 1. The van der Waals surface area contributed by atoms with Gasteiger partial charge in [0.1, 0.15) is 6.10 Å². The van der Waals surface area contributed by atoms with Gasteiger partial charge < -0.3 is 15.0 Å². The van der Waals surface area contributed by atoms with E-state index >= 15 is 0 Å². The van der Waals surface area contributed by atoms with Gasteiger partial charge in [0, 0.05) is 24.5 Å². The van der Waals surface area contributed by atoms with E-state index in [1.165, 1.54) is 4.88 Å². The number of hydrogen-bond donors (Lipinski definition) is 1. The van der Waals surface area contributed by atoms with Crippen LogP contribution in [0.1, 0.15) is 11.8 Å². The summed E-state index contributed by atoms with van der Waals surface area (Å²) >= 11 is 1.68. The Morgan fingerprint density at radius 2 is 2.59 bits per heavy atom. The summed E-state index contributed by atoms with van der Waals surface area (Å²) in [6.45, 7) is 5.48. The van der Waals surface area contributed by atoms with E-state index in [0.717, 1.165) is 13.1 Å². The first-order chi connectivity index (χ1) is 8.31. The number of nitrogens with one attached hydrogen (secondary N) is 1. The average Bonchev–Trinajstić information content (AvgIpc) is 2.89. The summed E-state index contributed by atoms with van der Waals surface area (Å²) < 4.78 is 5.49. The zero-order chi connectivity index (χ0) is 12.1. The highest BCUT2D eigenvalue weighted by Crippen LogP contribution is 2.13. The molecule has 1 aliphatic heterocycles. The van der Waals surface area contributed by atoms with Crippen LogP contribution in [-0.4, -0.2) is 43.2 Å². The minimum Gasteiger partial charge on any atom is -0.366 e. The summed E-state index contributed by atoms with van der Waals surface area (Å²) in [4.78, 5) is 15.3. The Morgan fingerprint density at radius 3 is 3.18 bits per heavy atom. The second kappa shape index (κ2) is 6.14. The normalized spacial score (nSPS) is 20.2. The zero-order valence-corrected chi connectivity index (χ0v) is 10.8. The van der Waals surface area contributed by atoms with Crippen molar-refractivity contribution in [2.45, 2.75) is 19.6 Å². The second-order valence-corrected chi connectivity index (χ2v) is 5.03. The van der Waals surface area contributed by atoms with Crippen molar-refractivity contribution in [1.82, 2.24) is 10.2 Å². The molecular formula is C12H18N2O2S. The molecule has 0 bridgehead atoms. The first-order valence-corrected chi connectivity index (χ1v) is 6.82. The molecule has 1 aromatic rings. The van der Waals surface area contributed by atoms with E-state index in [4.69, 9.17) is 4.74 Å². The average molecular weight is 254 g/mol. The van der Waals surface area contributed by atoms with Gasteiger partial charge in [-0.25, -0.2) is 0 Å². The number of thiophene rings is 1. The third kappa shape index (κ3) is 3.28. The number of likely N-dealkylation sites (N-methyl/N-ethyl adjacent to an activating group) is 1. The predicted molar refractivity (Wildman–Crippen MR) is 68.0 cm³/mol. The lowest BCUT2D eigenvalue weighted by molar-refractivity contribution is -0.145. The summed E-state index contributed by atoms with van der Waals surface area (Å²) in [6, 6.07) is 4.07. The molecule has 1 fully saturated rings. The Morgan fingerprint density at radius 1 is 1.71 bits per heavy atom. The van der Waals surface area contributed by atoms with Crippen LogP contribution >= 0.6 is 11.3 Å². The van der Waals surface area contributed by atoms with E-state index in [9.17, 15) is 4.79 Å². The fourth-order valence-corrected chi connectivity index (χ4v) is 2.58. The first kappa shape index (κ1) is 12.5. The molecule has 94 valence electrons. The molecule has 0 radical (unpaired) electrons. The molecule has 5 heteroatoms. The predicted octanol–water partition coefficient (Wildman–Crippen LogP) is 1.08. The van der Waals surface area contributed by atoms with Crippen molar-refractivity contribution in [3.8, 4) is 0 Å². The number of carbonyl (C=O) groups is 1. The van der Waals surface area contributed by atoms with Gasteiger partial charge in [0.05, 0.1) is 13.2 Å². The lowest BCUT2D eigenvalue weighted by Crippen LogP contribution is -2.49. The maximum Gasteiger partial charge on any atom is 0.253 e. The first-order valence-electron chi connectivity index (χ1n) is 5.94. The quantitative estimate of drug-likeness (QED) is 0.874. The Kier molecular flexibility index (Phi) is 4.53. The van der Waals surface area contributed by atoms with Gasteiger partial charge >= 0.3 is 0 Å². The Balaban J connectivity index is 1.94. The van der Waals surface area contributed by atoms with Gasteiger partial charge in [0.15, 0.2) is 0 Å². The number of rotatable bonds is 4. The Hall–Kier alpha value is -0.910. The molecule has 0 aromatic carbocycles. The number of amides is 1. The van der Waals surface area contributed by atoms with Crippen LogP contribution in [0.25, 0.3) is 0 Å².